The molecule has 1 amide bonds. The lowest BCUT2D eigenvalue weighted by atomic mass is 9.96. The van der Waals surface area contributed by atoms with Crippen LogP contribution in [0, 0.1) is 0 Å². The zero-order valence-electron chi connectivity index (χ0n) is 10.9. The molecule has 5 nitrogen and oxygen atoms in total. The van der Waals surface area contributed by atoms with Gasteiger partial charge in [-0.2, -0.15) is 0 Å². The van der Waals surface area contributed by atoms with Crippen molar-refractivity contribution in [3.05, 3.63) is 59.7 Å². The Balaban J connectivity index is 1.72. The number of rotatable bonds is 3. The summed E-state index contributed by atoms with van der Waals surface area (Å²) in [5.41, 5.74) is 1.31. The number of aryl methyl sites for hydroxylation is 1. The van der Waals surface area contributed by atoms with Crippen LogP contribution in [0.1, 0.15) is 28.0 Å². The Labute approximate surface area is 116 Å². The third-order valence-electron chi connectivity index (χ3n) is 3.66. The summed E-state index contributed by atoms with van der Waals surface area (Å²) < 4.78 is 0. The van der Waals surface area contributed by atoms with Gasteiger partial charge >= 0.3 is 0 Å². The summed E-state index contributed by atoms with van der Waals surface area (Å²) in [6, 6.07) is 7.79. The molecule has 1 aliphatic rings. The van der Waals surface area contributed by atoms with Crippen LogP contribution in [0.3, 0.4) is 0 Å². The molecule has 0 fully saturated rings. The van der Waals surface area contributed by atoms with Crippen LogP contribution in [0.5, 0.6) is 0 Å². The van der Waals surface area contributed by atoms with Gasteiger partial charge in [-0.1, -0.05) is 24.3 Å². The molecule has 1 atom stereocenters. The van der Waals surface area contributed by atoms with Gasteiger partial charge in [-0.05, 0) is 24.0 Å². The Morgan fingerprint density at radius 1 is 1.35 bits per heavy atom. The molecule has 2 N–H and O–H groups in total. The third-order valence-corrected chi connectivity index (χ3v) is 3.66. The van der Waals surface area contributed by atoms with Crippen molar-refractivity contribution in [3.63, 3.8) is 0 Å². The van der Waals surface area contributed by atoms with Gasteiger partial charge in [-0.3, -0.25) is 9.78 Å². The monoisotopic (exact) mass is 269 g/mol. The van der Waals surface area contributed by atoms with Crippen molar-refractivity contribution in [1.29, 1.82) is 0 Å². The fraction of sp³-hybridized carbons (Fsp3) is 0.267. The topological polar surface area (TPSA) is 75.1 Å². The summed E-state index contributed by atoms with van der Waals surface area (Å²) in [6.07, 6.45) is 5.83. The second-order valence-corrected chi connectivity index (χ2v) is 4.96. The van der Waals surface area contributed by atoms with Gasteiger partial charge < -0.3 is 10.4 Å². The van der Waals surface area contributed by atoms with Crippen molar-refractivity contribution < 1.29 is 9.90 Å². The van der Waals surface area contributed by atoms with Crippen molar-refractivity contribution in [2.75, 3.05) is 6.54 Å². The van der Waals surface area contributed by atoms with Crippen LogP contribution >= 0.6 is 0 Å². The molecule has 0 radical (unpaired) electrons. The fourth-order valence-corrected chi connectivity index (χ4v) is 2.59. The molecule has 1 heterocycles. The molecule has 1 aliphatic carbocycles. The number of hydrogen-bond acceptors (Lipinski definition) is 4. The highest BCUT2D eigenvalue weighted by Crippen LogP contribution is 2.36. The molecule has 3 rings (SSSR count). The van der Waals surface area contributed by atoms with E-state index in [2.05, 4.69) is 15.3 Å². The first kappa shape index (κ1) is 12.7. The average Bonchev–Trinajstić information content (AvgIpc) is 2.84. The van der Waals surface area contributed by atoms with Crippen LogP contribution in [0.4, 0.5) is 0 Å². The highest BCUT2D eigenvalue weighted by Gasteiger charge is 2.36. The van der Waals surface area contributed by atoms with Gasteiger partial charge in [0.1, 0.15) is 11.3 Å². The van der Waals surface area contributed by atoms with Gasteiger partial charge in [0.2, 0.25) is 0 Å². The largest absolute Gasteiger partial charge is 0.383 e. The summed E-state index contributed by atoms with van der Waals surface area (Å²) >= 11 is 0. The second kappa shape index (κ2) is 5.02. The average molecular weight is 269 g/mol. The van der Waals surface area contributed by atoms with E-state index >= 15 is 0 Å². The van der Waals surface area contributed by atoms with Crippen LogP contribution < -0.4 is 5.32 Å². The van der Waals surface area contributed by atoms with Crippen molar-refractivity contribution in [3.8, 4) is 0 Å². The van der Waals surface area contributed by atoms with E-state index < -0.39 is 5.60 Å². The van der Waals surface area contributed by atoms with Crippen LogP contribution in [-0.4, -0.2) is 27.5 Å². The van der Waals surface area contributed by atoms with Crippen LogP contribution in [0.2, 0.25) is 0 Å². The number of fused-ring (bicyclic) bond motifs is 1. The number of carbonyl (C=O) groups is 1. The van der Waals surface area contributed by atoms with Crippen molar-refractivity contribution in [1.82, 2.24) is 15.3 Å². The fourth-order valence-electron chi connectivity index (χ4n) is 2.59. The van der Waals surface area contributed by atoms with Crippen molar-refractivity contribution >= 4 is 5.91 Å². The maximum atomic E-state index is 11.9. The normalized spacial score (nSPS) is 20.4. The van der Waals surface area contributed by atoms with Gasteiger partial charge in [0.25, 0.3) is 5.91 Å². The van der Waals surface area contributed by atoms with Crippen LogP contribution in [-0.2, 0) is 12.0 Å². The summed E-state index contributed by atoms with van der Waals surface area (Å²) in [5, 5.41) is 13.4. The maximum absolute atomic E-state index is 11.9. The first-order valence-electron chi connectivity index (χ1n) is 6.54. The van der Waals surface area contributed by atoms with Gasteiger partial charge in [0.05, 0.1) is 12.7 Å². The summed E-state index contributed by atoms with van der Waals surface area (Å²) in [4.78, 5) is 19.7. The first-order chi connectivity index (χ1) is 9.69. The van der Waals surface area contributed by atoms with E-state index in [0.717, 1.165) is 17.5 Å². The standard InChI is InChI=1S/C15H15N3O2/c19-14(13-9-16-7-8-17-13)18-10-15(20)6-5-11-3-1-2-4-12(11)15/h1-4,7-9,20H,5-6,10H2,(H,18,19). The Morgan fingerprint density at radius 3 is 3.00 bits per heavy atom. The lowest BCUT2D eigenvalue weighted by Crippen LogP contribution is -2.39. The highest BCUT2D eigenvalue weighted by atomic mass is 16.3. The number of benzene rings is 1. The molecule has 102 valence electrons. The molecule has 5 heteroatoms. The molecule has 0 saturated heterocycles. The number of carbonyl (C=O) groups excluding carboxylic acids is 1. The summed E-state index contributed by atoms with van der Waals surface area (Å²) in [6.45, 7) is 0.180. The molecular formula is C15H15N3O2. The number of nitrogens with zero attached hydrogens (tertiary/aromatic N) is 2. The number of nitrogens with one attached hydrogen (secondary N) is 1. The highest BCUT2D eigenvalue weighted by molar-refractivity contribution is 5.91. The molecule has 0 spiro atoms. The van der Waals surface area contributed by atoms with E-state index in [-0.39, 0.29) is 18.1 Å². The zero-order valence-corrected chi connectivity index (χ0v) is 10.9. The van der Waals surface area contributed by atoms with E-state index in [1.807, 2.05) is 24.3 Å². The Morgan fingerprint density at radius 2 is 2.20 bits per heavy atom. The Hall–Kier alpha value is -2.27. The van der Waals surface area contributed by atoms with Crippen LogP contribution in [0.15, 0.2) is 42.9 Å². The van der Waals surface area contributed by atoms with Crippen molar-refractivity contribution in [2.24, 2.45) is 0 Å². The van der Waals surface area contributed by atoms with E-state index in [1.165, 1.54) is 18.6 Å². The lowest BCUT2D eigenvalue weighted by molar-refractivity contribution is 0.0368. The predicted octanol–water partition coefficient (Wildman–Crippen LogP) is 1.04. The van der Waals surface area contributed by atoms with E-state index in [1.54, 1.807) is 0 Å². The molecule has 1 unspecified atom stereocenters. The van der Waals surface area contributed by atoms with E-state index in [0.29, 0.717) is 6.42 Å². The predicted molar refractivity (Wildman–Crippen MR) is 73.0 cm³/mol. The van der Waals surface area contributed by atoms with E-state index in [4.69, 9.17) is 0 Å². The number of aliphatic hydroxyl groups is 1. The molecule has 2 aromatic rings. The third kappa shape index (κ3) is 2.28. The minimum absolute atomic E-state index is 0.180. The first-order valence-corrected chi connectivity index (χ1v) is 6.54. The lowest BCUT2D eigenvalue weighted by Gasteiger charge is -2.24. The van der Waals surface area contributed by atoms with Crippen LogP contribution in [0.25, 0.3) is 0 Å². The maximum Gasteiger partial charge on any atom is 0.271 e. The minimum atomic E-state index is -0.992. The molecule has 0 bridgehead atoms. The van der Waals surface area contributed by atoms with E-state index in [9.17, 15) is 9.90 Å². The number of amides is 1. The zero-order chi connectivity index (χ0) is 14.0. The number of hydrogen-bond donors (Lipinski definition) is 2. The van der Waals surface area contributed by atoms with Crippen molar-refractivity contribution in [2.45, 2.75) is 18.4 Å². The van der Waals surface area contributed by atoms with Gasteiger partial charge in [-0.25, -0.2) is 4.98 Å². The smallest absolute Gasteiger partial charge is 0.271 e. The molecule has 20 heavy (non-hydrogen) atoms. The summed E-state index contributed by atoms with van der Waals surface area (Å²) in [5.74, 6) is -0.323. The van der Waals surface area contributed by atoms with Gasteiger partial charge in [0, 0.05) is 12.4 Å². The molecule has 1 aromatic heterocycles. The molecule has 0 aliphatic heterocycles. The molecular weight excluding hydrogens is 254 g/mol. The Kier molecular flexibility index (Phi) is 3.20. The SMILES string of the molecule is O=C(NCC1(O)CCc2ccccc21)c1cnccn1. The number of aromatic nitrogens is 2. The molecule has 1 aromatic carbocycles. The second-order valence-electron chi connectivity index (χ2n) is 4.96. The Bertz CT molecular complexity index is 630. The molecule has 0 saturated carbocycles. The van der Waals surface area contributed by atoms with Gasteiger partial charge in [-0.15, -0.1) is 0 Å². The summed E-state index contributed by atoms with van der Waals surface area (Å²) in [7, 11) is 0. The van der Waals surface area contributed by atoms with Gasteiger partial charge in [0.15, 0.2) is 0 Å². The quantitative estimate of drug-likeness (QED) is 0.873. The minimum Gasteiger partial charge on any atom is -0.383 e.